The minimum Gasteiger partial charge on any atom is -0.481 e. The Hall–Kier alpha value is -3.35. The van der Waals surface area contributed by atoms with Gasteiger partial charge in [0.2, 0.25) is 5.88 Å². The Morgan fingerprint density at radius 2 is 1.93 bits per heavy atom. The van der Waals surface area contributed by atoms with Crippen LogP contribution in [0.4, 0.5) is 13.2 Å². The molecule has 0 fully saturated rings. The first-order valence-electron chi connectivity index (χ1n) is 8.91. The van der Waals surface area contributed by atoms with Crippen molar-refractivity contribution in [3.8, 4) is 17.1 Å². The van der Waals surface area contributed by atoms with Gasteiger partial charge in [-0.15, -0.1) is 0 Å². The molecule has 0 unspecified atom stereocenters. The van der Waals surface area contributed by atoms with E-state index in [4.69, 9.17) is 9.84 Å². The zero-order chi connectivity index (χ0) is 20.9. The summed E-state index contributed by atoms with van der Waals surface area (Å²) in [7, 11) is 0. The standard InChI is InChI=1S/C22H18F3NO3/c23-22(24,25)18-5-2-1-4-17(18)19-6-3-7-20(26-19)29-14-16-10-8-15(9-11-16)12-13-21(27)28/h1-10,14H,11-13H2,(H,27,28). The molecule has 3 rings (SSSR count). The Bertz CT molecular complexity index is 991. The molecular formula is C22H18F3NO3. The Morgan fingerprint density at radius 1 is 1.14 bits per heavy atom. The number of carbonyl (C=O) groups is 1. The maximum atomic E-state index is 13.2. The summed E-state index contributed by atoms with van der Waals surface area (Å²) in [5.41, 5.74) is 1.18. The molecule has 4 nitrogen and oxygen atoms in total. The number of nitrogens with zero attached hydrogens (tertiary/aromatic N) is 1. The molecule has 1 aromatic heterocycles. The minimum atomic E-state index is -4.48. The van der Waals surface area contributed by atoms with Crippen molar-refractivity contribution in [2.75, 3.05) is 0 Å². The van der Waals surface area contributed by atoms with Gasteiger partial charge in [-0.05, 0) is 30.5 Å². The quantitative estimate of drug-likeness (QED) is 0.623. The average molecular weight is 401 g/mol. The Balaban J connectivity index is 1.72. The largest absolute Gasteiger partial charge is 0.481 e. The molecular weight excluding hydrogens is 383 g/mol. The van der Waals surface area contributed by atoms with Crippen LogP contribution in [0.1, 0.15) is 24.8 Å². The molecule has 0 aliphatic heterocycles. The van der Waals surface area contributed by atoms with Gasteiger partial charge in [0.15, 0.2) is 0 Å². The third-order valence-corrected chi connectivity index (χ3v) is 4.30. The van der Waals surface area contributed by atoms with Gasteiger partial charge >= 0.3 is 12.1 Å². The molecule has 29 heavy (non-hydrogen) atoms. The summed E-state index contributed by atoms with van der Waals surface area (Å²) in [6.07, 6.45) is 3.68. The second-order valence-corrected chi connectivity index (χ2v) is 6.43. The lowest BCUT2D eigenvalue weighted by atomic mass is 10.00. The maximum absolute atomic E-state index is 13.2. The fourth-order valence-electron chi connectivity index (χ4n) is 2.84. The van der Waals surface area contributed by atoms with Crippen molar-refractivity contribution in [1.29, 1.82) is 0 Å². The van der Waals surface area contributed by atoms with Gasteiger partial charge in [0.1, 0.15) is 0 Å². The summed E-state index contributed by atoms with van der Waals surface area (Å²) in [5, 5.41) is 8.72. The highest BCUT2D eigenvalue weighted by molar-refractivity contribution is 5.67. The number of hydrogen-bond donors (Lipinski definition) is 1. The zero-order valence-corrected chi connectivity index (χ0v) is 15.3. The highest BCUT2D eigenvalue weighted by atomic mass is 19.4. The van der Waals surface area contributed by atoms with Crippen LogP contribution < -0.4 is 4.74 Å². The Morgan fingerprint density at radius 3 is 2.62 bits per heavy atom. The second kappa shape index (κ2) is 8.77. The van der Waals surface area contributed by atoms with E-state index >= 15 is 0 Å². The number of hydrogen-bond acceptors (Lipinski definition) is 3. The molecule has 1 aromatic carbocycles. The van der Waals surface area contributed by atoms with Crippen molar-refractivity contribution in [3.05, 3.63) is 83.7 Å². The Labute approximate surface area is 165 Å². The van der Waals surface area contributed by atoms with Crippen LogP contribution in [-0.4, -0.2) is 16.1 Å². The monoisotopic (exact) mass is 401 g/mol. The predicted octanol–water partition coefficient (Wildman–Crippen LogP) is 5.78. The highest BCUT2D eigenvalue weighted by Crippen LogP contribution is 2.36. The summed E-state index contributed by atoms with van der Waals surface area (Å²) in [5.74, 6) is -0.664. The number of allylic oxidation sites excluding steroid dienone is 5. The molecule has 0 saturated heterocycles. The lowest BCUT2D eigenvalue weighted by Crippen LogP contribution is -2.07. The fraction of sp³-hybridized carbons (Fsp3) is 0.182. The molecule has 0 radical (unpaired) electrons. The molecule has 0 saturated carbocycles. The molecule has 1 heterocycles. The van der Waals surface area contributed by atoms with Crippen LogP contribution in [0.3, 0.4) is 0 Å². The van der Waals surface area contributed by atoms with Gasteiger partial charge in [-0.3, -0.25) is 4.79 Å². The number of pyridine rings is 1. The van der Waals surface area contributed by atoms with Gasteiger partial charge in [-0.1, -0.05) is 48.1 Å². The van der Waals surface area contributed by atoms with Gasteiger partial charge in [-0.2, -0.15) is 13.2 Å². The number of rotatable bonds is 6. The molecule has 0 bridgehead atoms. The van der Waals surface area contributed by atoms with Crippen molar-refractivity contribution in [2.45, 2.75) is 25.4 Å². The summed E-state index contributed by atoms with van der Waals surface area (Å²) in [6.45, 7) is 0. The molecule has 0 atom stereocenters. The zero-order valence-electron chi connectivity index (χ0n) is 15.3. The van der Waals surface area contributed by atoms with Gasteiger partial charge in [0, 0.05) is 18.1 Å². The van der Waals surface area contributed by atoms with Crippen molar-refractivity contribution < 1.29 is 27.8 Å². The number of ether oxygens (including phenoxy) is 1. The number of carboxylic acid groups (broad SMARTS) is 1. The van der Waals surface area contributed by atoms with Crippen LogP contribution in [0.5, 0.6) is 5.88 Å². The van der Waals surface area contributed by atoms with Crippen LogP contribution in [0.15, 0.2) is 78.1 Å². The van der Waals surface area contributed by atoms with Crippen molar-refractivity contribution in [3.63, 3.8) is 0 Å². The van der Waals surface area contributed by atoms with Gasteiger partial charge in [0.25, 0.3) is 0 Å². The summed E-state index contributed by atoms with van der Waals surface area (Å²) in [6, 6.07) is 9.92. The van der Waals surface area contributed by atoms with Crippen molar-refractivity contribution in [2.24, 2.45) is 0 Å². The molecule has 1 aliphatic rings. The molecule has 0 spiro atoms. The lowest BCUT2D eigenvalue weighted by Gasteiger charge is -2.13. The van der Waals surface area contributed by atoms with Crippen molar-refractivity contribution >= 4 is 5.97 Å². The number of benzene rings is 1. The van der Waals surface area contributed by atoms with Gasteiger partial charge < -0.3 is 9.84 Å². The smallest absolute Gasteiger partial charge is 0.417 e. The SMILES string of the molecule is O=C(O)CCC1=CCC(=COc2cccc(-c3ccccc3C(F)(F)F)n2)C=C1. The lowest BCUT2D eigenvalue weighted by molar-refractivity contribution is -0.137. The first kappa shape index (κ1) is 20.4. The Kier molecular flexibility index (Phi) is 6.16. The van der Waals surface area contributed by atoms with E-state index in [1.807, 2.05) is 18.2 Å². The average Bonchev–Trinajstić information content (AvgIpc) is 2.71. The van der Waals surface area contributed by atoms with Crippen LogP contribution in [0, 0.1) is 0 Å². The highest BCUT2D eigenvalue weighted by Gasteiger charge is 2.33. The first-order chi connectivity index (χ1) is 13.8. The van der Waals surface area contributed by atoms with E-state index in [9.17, 15) is 18.0 Å². The number of halogens is 3. The molecule has 150 valence electrons. The second-order valence-electron chi connectivity index (χ2n) is 6.43. The summed E-state index contributed by atoms with van der Waals surface area (Å²) in [4.78, 5) is 14.8. The predicted molar refractivity (Wildman–Crippen MR) is 102 cm³/mol. The third-order valence-electron chi connectivity index (χ3n) is 4.30. The van der Waals surface area contributed by atoms with E-state index in [1.165, 1.54) is 30.5 Å². The maximum Gasteiger partial charge on any atom is 0.417 e. The number of alkyl halides is 3. The molecule has 2 aromatic rings. The van der Waals surface area contributed by atoms with E-state index in [0.29, 0.717) is 12.8 Å². The van der Waals surface area contributed by atoms with E-state index in [2.05, 4.69) is 4.98 Å². The van der Waals surface area contributed by atoms with Crippen LogP contribution >= 0.6 is 0 Å². The number of aliphatic carboxylic acids is 1. The van der Waals surface area contributed by atoms with E-state index in [0.717, 1.165) is 17.2 Å². The molecule has 0 amide bonds. The summed E-state index contributed by atoms with van der Waals surface area (Å²) >= 11 is 0. The van der Waals surface area contributed by atoms with Crippen molar-refractivity contribution in [1.82, 2.24) is 4.98 Å². The number of aromatic nitrogens is 1. The van der Waals surface area contributed by atoms with Crippen LogP contribution in [0.25, 0.3) is 11.3 Å². The molecule has 1 aliphatic carbocycles. The molecule has 1 N–H and O–H groups in total. The van der Waals surface area contributed by atoms with E-state index in [1.54, 1.807) is 12.1 Å². The van der Waals surface area contributed by atoms with Crippen LogP contribution in [0.2, 0.25) is 0 Å². The normalized spacial score (nSPS) is 15.3. The van der Waals surface area contributed by atoms with E-state index in [-0.39, 0.29) is 23.6 Å². The van der Waals surface area contributed by atoms with Gasteiger partial charge in [0.05, 0.1) is 17.5 Å². The third kappa shape index (κ3) is 5.57. The number of carboxylic acids is 1. The topological polar surface area (TPSA) is 59.4 Å². The van der Waals surface area contributed by atoms with Gasteiger partial charge in [-0.25, -0.2) is 4.98 Å². The summed E-state index contributed by atoms with van der Waals surface area (Å²) < 4.78 is 45.3. The molecule has 7 heteroatoms. The fourth-order valence-corrected chi connectivity index (χ4v) is 2.84. The van der Waals surface area contributed by atoms with E-state index < -0.39 is 17.7 Å². The first-order valence-corrected chi connectivity index (χ1v) is 8.91. The van der Waals surface area contributed by atoms with Crippen LogP contribution in [-0.2, 0) is 11.0 Å². The minimum absolute atomic E-state index is 0.0123.